The van der Waals surface area contributed by atoms with Crippen molar-refractivity contribution in [3.8, 4) is 0 Å². The summed E-state index contributed by atoms with van der Waals surface area (Å²) in [6.07, 6.45) is 7.12. The molecule has 1 unspecified atom stereocenters. The van der Waals surface area contributed by atoms with E-state index in [-0.39, 0.29) is 11.9 Å². The molecule has 0 aromatic carbocycles. The van der Waals surface area contributed by atoms with Gasteiger partial charge in [0, 0.05) is 38.1 Å². The summed E-state index contributed by atoms with van der Waals surface area (Å²) < 4.78 is 0. The predicted octanol–water partition coefficient (Wildman–Crippen LogP) is 2.07. The Morgan fingerprint density at radius 1 is 1.46 bits per heavy atom. The van der Waals surface area contributed by atoms with Crippen LogP contribution in [0.2, 0.25) is 0 Å². The minimum atomic E-state index is -0.0415. The smallest absolute Gasteiger partial charge is 0.263 e. The molecule has 2 N–H and O–H groups in total. The molecule has 0 radical (unpaired) electrons. The van der Waals surface area contributed by atoms with E-state index in [4.69, 9.17) is 0 Å². The zero-order valence-electron chi connectivity index (χ0n) is 14.0. The van der Waals surface area contributed by atoms with E-state index >= 15 is 0 Å². The predicted molar refractivity (Wildman–Crippen MR) is 95.7 cm³/mol. The second-order valence-electron chi connectivity index (χ2n) is 5.79. The Labute approximate surface area is 145 Å². The number of thiazole rings is 1. The average molecular weight is 346 g/mol. The van der Waals surface area contributed by atoms with Gasteiger partial charge in [0.05, 0.1) is 11.9 Å². The molecule has 7 nitrogen and oxygen atoms in total. The van der Waals surface area contributed by atoms with Crippen LogP contribution in [0.1, 0.15) is 35.1 Å². The summed E-state index contributed by atoms with van der Waals surface area (Å²) in [6.45, 7) is 6.37. The number of anilines is 2. The van der Waals surface area contributed by atoms with Crippen molar-refractivity contribution in [1.82, 2.24) is 20.3 Å². The minimum absolute atomic E-state index is 0.0415. The van der Waals surface area contributed by atoms with Crippen LogP contribution in [0.15, 0.2) is 18.6 Å². The Bertz CT molecular complexity index is 689. The van der Waals surface area contributed by atoms with E-state index in [1.54, 1.807) is 18.6 Å². The molecule has 0 bridgehead atoms. The topological polar surface area (TPSA) is 83.0 Å². The van der Waals surface area contributed by atoms with Gasteiger partial charge in [0.15, 0.2) is 5.13 Å². The van der Waals surface area contributed by atoms with E-state index in [1.165, 1.54) is 11.3 Å². The number of aromatic nitrogens is 3. The van der Waals surface area contributed by atoms with Gasteiger partial charge in [0.2, 0.25) is 0 Å². The van der Waals surface area contributed by atoms with Crippen molar-refractivity contribution >= 4 is 28.2 Å². The number of nitrogens with one attached hydrogen (secondary N) is 2. The van der Waals surface area contributed by atoms with Gasteiger partial charge in [0.25, 0.3) is 5.91 Å². The maximum Gasteiger partial charge on any atom is 0.263 e. The Kier molecular flexibility index (Phi) is 5.24. The van der Waals surface area contributed by atoms with Crippen molar-refractivity contribution in [2.75, 3.05) is 29.9 Å². The lowest BCUT2D eigenvalue weighted by molar-refractivity contribution is 0.0936. The Morgan fingerprint density at radius 2 is 2.33 bits per heavy atom. The van der Waals surface area contributed by atoms with Crippen LogP contribution in [0.5, 0.6) is 0 Å². The molecule has 1 atom stereocenters. The second kappa shape index (κ2) is 7.57. The first-order valence-electron chi connectivity index (χ1n) is 8.20. The zero-order chi connectivity index (χ0) is 16.9. The lowest BCUT2D eigenvalue weighted by Gasteiger charge is -2.33. The highest BCUT2D eigenvalue weighted by molar-refractivity contribution is 7.17. The van der Waals surface area contributed by atoms with Gasteiger partial charge in [-0.2, -0.15) is 0 Å². The van der Waals surface area contributed by atoms with Gasteiger partial charge in [-0.05, 0) is 26.7 Å². The first-order chi connectivity index (χ1) is 11.7. The number of aryl methyl sites for hydroxylation is 1. The highest BCUT2D eigenvalue weighted by Crippen LogP contribution is 2.23. The molecular weight excluding hydrogens is 324 g/mol. The van der Waals surface area contributed by atoms with Crippen LogP contribution in [0.25, 0.3) is 0 Å². The summed E-state index contributed by atoms with van der Waals surface area (Å²) in [5.74, 6) is 0.819. The van der Waals surface area contributed by atoms with E-state index in [0.717, 1.165) is 49.1 Å². The fourth-order valence-electron chi connectivity index (χ4n) is 2.84. The van der Waals surface area contributed by atoms with Gasteiger partial charge >= 0.3 is 0 Å². The number of piperidine rings is 1. The molecule has 0 aliphatic carbocycles. The molecule has 3 heterocycles. The quantitative estimate of drug-likeness (QED) is 0.862. The molecule has 1 aliphatic heterocycles. The van der Waals surface area contributed by atoms with E-state index in [1.807, 2.05) is 13.8 Å². The van der Waals surface area contributed by atoms with Crippen molar-refractivity contribution < 1.29 is 4.79 Å². The number of rotatable bonds is 5. The fraction of sp³-hybridized carbons (Fsp3) is 0.500. The number of carbonyl (C=O) groups excluding carboxylic acids is 1. The standard InChI is InChI=1S/C16H22N6OS/c1-3-18-16-20-11(2)14(24-16)15(23)21-12-5-4-8-22(10-12)13-9-17-6-7-19-13/h6-7,9,12H,3-5,8,10H2,1-2H3,(H,18,20)(H,21,23). The summed E-state index contributed by atoms with van der Waals surface area (Å²) in [5, 5.41) is 7.10. The summed E-state index contributed by atoms with van der Waals surface area (Å²) >= 11 is 1.41. The zero-order valence-corrected chi connectivity index (χ0v) is 14.8. The van der Waals surface area contributed by atoms with E-state index in [0.29, 0.717) is 4.88 Å². The van der Waals surface area contributed by atoms with Crippen molar-refractivity contribution in [3.63, 3.8) is 0 Å². The summed E-state index contributed by atoms with van der Waals surface area (Å²) in [5.41, 5.74) is 0.773. The second-order valence-corrected chi connectivity index (χ2v) is 6.79. The van der Waals surface area contributed by atoms with E-state index in [2.05, 4.69) is 30.5 Å². The van der Waals surface area contributed by atoms with Crippen LogP contribution in [0, 0.1) is 6.92 Å². The van der Waals surface area contributed by atoms with E-state index in [9.17, 15) is 4.79 Å². The third kappa shape index (κ3) is 3.81. The van der Waals surface area contributed by atoms with Crippen LogP contribution >= 0.6 is 11.3 Å². The molecule has 24 heavy (non-hydrogen) atoms. The Hall–Kier alpha value is -2.22. The first-order valence-corrected chi connectivity index (χ1v) is 9.02. The van der Waals surface area contributed by atoms with Crippen molar-refractivity contribution in [1.29, 1.82) is 0 Å². The van der Waals surface area contributed by atoms with Crippen molar-refractivity contribution in [2.45, 2.75) is 32.7 Å². The molecule has 1 saturated heterocycles. The molecular formula is C16H22N6OS. The molecule has 0 spiro atoms. The molecule has 1 amide bonds. The first kappa shape index (κ1) is 16.6. The molecule has 8 heteroatoms. The molecule has 1 aliphatic rings. The normalized spacial score (nSPS) is 17.6. The largest absolute Gasteiger partial charge is 0.362 e. The Morgan fingerprint density at radius 3 is 3.08 bits per heavy atom. The molecule has 128 valence electrons. The number of carbonyl (C=O) groups is 1. The summed E-state index contributed by atoms with van der Waals surface area (Å²) in [4.78, 5) is 28.3. The summed E-state index contributed by atoms with van der Waals surface area (Å²) in [6, 6.07) is 0.109. The summed E-state index contributed by atoms with van der Waals surface area (Å²) in [7, 11) is 0. The monoisotopic (exact) mass is 346 g/mol. The van der Waals surface area contributed by atoms with Crippen LogP contribution < -0.4 is 15.5 Å². The Balaban J connectivity index is 1.64. The van der Waals surface area contributed by atoms with Gasteiger partial charge in [-0.1, -0.05) is 11.3 Å². The highest BCUT2D eigenvalue weighted by Gasteiger charge is 2.24. The van der Waals surface area contributed by atoms with Crippen molar-refractivity contribution in [3.05, 3.63) is 29.2 Å². The number of amides is 1. The molecule has 2 aromatic rings. The highest BCUT2D eigenvalue weighted by atomic mass is 32.1. The SMILES string of the molecule is CCNc1nc(C)c(C(=O)NC2CCCN(c3cnccn3)C2)s1. The third-order valence-electron chi connectivity index (χ3n) is 3.96. The van der Waals surface area contributed by atoms with Gasteiger partial charge in [-0.3, -0.25) is 9.78 Å². The van der Waals surface area contributed by atoms with Gasteiger partial charge < -0.3 is 15.5 Å². The fourth-order valence-corrected chi connectivity index (χ4v) is 3.78. The van der Waals surface area contributed by atoms with Gasteiger partial charge in [-0.25, -0.2) is 9.97 Å². The lowest BCUT2D eigenvalue weighted by Crippen LogP contribution is -2.48. The maximum atomic E-state index is 12.6. The van der Waals surface area contributed by atoms with Crippen LogP contribution in [0.4, 0.5) is 10.9 Å². The molecule has 0 saturated carbocycles. The number of nitrogens with zero attached hydrogens (tertiary/aromatic N) is 4. The van der Waals surface area contributed by atoms with Gasteiger partial charge in [-0.15, -0.1) is 0 Å². The minimum Gasteiger partial charge on any atom is -0.362 e. The van der Waals surface area contributed by atoms with Gasteiger partial charge in [0.1, 0.15) is 10.7 Å². The van der Waals surface area contributed by atoms with Crippen LogP contribution in [-0.4, -0.2) is 46.5 Å². The van der Waals surface area contributed by atoms with Crippen LogP contribution in [0.3, 0.4) is 0 Å². The van der Waals surface area contributed by atoms with Crippen molar-refractivity contribution in [2.24, 2.45) is 0 Å². The number of hydrogen-bond donors (Lipinski definition) is 2. The van der Waals surface area contributed by atoms with Crippen LogP contribution in [-0.2, 0) is 0 Å². The third-order valence-corrected chi connectivity index (χ3v) is 5.07. The molecule has 3 rings (SSSR count). The lowest BCUT2D eigenvalue weighted by atomic mass is 10.1. The van der Waals surface area contributed by atoms with E-state index < -0.39 is 0 Å². The number of hydrogen-bond acceptors (Lipinski definition) is 7. The molecule has 1 fully saturated rings. The average Bonchev–Trinajstić information content (AvgIpc) is 2.97. The maximum absolute atomic E-state index is 12.6. The molecule has 2 aromatic heterocycles.